The first-order valence-corrected chi connectivity index (χ1v) is 5.64. The maximum atomic E-state index is 11.8. The van der Waals surface area contributed by atoms with Crippen LogP contribution in [0.2, 0.25) is 0 Å². The van der Waals surface area contributed by atoms with Gasteiger partial charge in [0.1, 0.15) is 0 Å². The van der Waals surface area contributed by atoms with E-state index in [1.54, 1.807) is 0 Å². The van der Waals surface area contributed by atoms with Crippen molar-refractivity contribution in [3.8, 4) is 0 Å². The van der Waals surface area contributed by atoms with E-state index in [0.717, 1.165) is 24.8 Å². The molecule has 1 aliphatic heterocycles. The van der Waals surface area contributed by atoms with Crippen LogP contribution in [0.3, 0.4) is 0 Å². The standard InChI is InChI=1S/C11H17NO/c13-11(6-8-3-4-8)12-5-1-2-9-7-10(9)12/h8-10H,1-7H2/t9-,10+/m1/s1. The third kappa shape index (κ3) is 1.47. The monoisotopic (exact) mass is 179 g/mol. The predicted molar refractivity (Wildman–Crippen MR) is 50.2 cm³/mol. The van der Waals surface area contributed by atoms with E-state index in [0.29, 0.717) is 11.9 Å². The number of piperidine rings is 1. The van der Waals surface area contributed by atoms with Gasteiger partial charge >= 0.3 is 0 Å². The van der Waals surface area contributed by atoms with E-state index in [-0.39, 0.29) is 0 Å². The molecular weight excluding hydrogens is 162 g/mol. The molecule has 0 aromatic carbocycles. The van der Waals surface area contributed by atoms with E-state index in [9.17, 15) is 4.79 Å². The molecule has 2 atom stereocenters. The van der Waals surface area contributed by atoms with Crippen LogP contribution >= 0.6 is 0 Å². The Morgan fingerprint density at radius 3 is 2.92 bits per heavy atom. The van der Waals surface area contributed by atoms with Gasteiger partial charge in [-0.1, -0.05) is 0 Å². The lowest BCUT2D eigenvalue weighted by Gasteiger charge is -2.26. The Kier molecular flexibility index (Phi) is 1.64. The van der Waals surface area contributed by atoms with Gasteiger partial charge in [0.2, 0.25) is 5.91 Å². The number of carbonyl (C=O) groups is 1. The molecule has 2 heteroatoms. The largest absolute Gasteiger partial charge is 0.339 e. The summed E-state index contributed by atoms with van der Waals surface area (Å²) in [6.07, 6.45) is 7.37. The van der Waals surface area contributed by atoms with Crippen LogP contribution in [-0.4, -0.2) is 23.4 Å². The molecule has 3 fully saturated rings. The average molecular weight is 179 g/mol. The van der Waals surface area contributed by atoms with Crippen molar-refractivity contribution in [2.24, 2.45) is 11.8 Å². The second-order valence-corrected chi connectivity index (χ2v) is 4.94. The molecule has 0 N–H and O–H groups in total. The molecule has 0 aromatic heterocycles. The summed E-state index contributed by atoms with van der Waals surface area (Å²) in [7, 11) is 0. The Morgan fingerprint density at radius 1 is 1.31 bits per heavy atom. The minimum absolute atomic E-state index is 0.453. The fourth-order valence-corrected chi connectivity index (χ4v) is 2.61. The van der Waals surface area contributed by atoms with Gasteiger partial charge in [-0.25, -0.2) is 0 Å². The summed E-state index contributed by atoms with van der Waals surface area (Å²) in [6, 6.07) is 0.667. The van der Waals surface area contributed by atoms with E-state index in [1.165, 1.54) is 32.1 Å². The molecule has 0 bridgehead atoms. The van der Waals surface area contributed by atoms with Crippen LogP contribution in [0.5, 0.6) is 0 Å². The lowest BCUT2D eigenvalue weighted by atomic mass is 10.1. The molecule has 3 aliphatic rings. The summed E-state index contributed by atoms with van der Waals surface area (Å²) in [5, 5.41) is 0. The number of fused-ring (bicyclic) bond motifs is 1. The summed E-state index contributed by atoms with van der Waals surface area (Å²) >= 11 is 0. The van der Waals surface area contributed by atoms with Crippen molar-refractivity contribution < 1.29 is 4.79 Å². The SMILES string of the molecule is O=C(CC1CC1)N1CCC[C@@H]2C[C@@H]21. The summed E-state index contributed by atoms with van der Waals surface area (Å²) < 4.78 is 0. The molecule has 2 aliphatic carbocycles. The third-order valence-electron chi connectivity index (χ3n) is 3.74. The first-order chi connectivity index (χ1) is 6.34. The molecule has 0 unspecified atom stereocenters. The summed E-state index contributed by atoms with van der Waals surface area (Å²) in [4.78, 5) is 14.0. The van der Waals surface area contributed by atoms with Crippen molar-refractivity contribution in [1.29, 1.82) is 0 Å². The fraction of sp³-hybridized carbons (Fsp3) is 0.909. The first-order valence-electron chi connectivity index (χ1n) is 5.64. The van der Waals surface area contributed by atoms with Crippen LogP contribution in [0.25, 0.3) is 0 Å². The summed E-state index contributed by atoms with van der Waals surface area (Å²) in [6.45, 7) is 1.05. The van der Waals surface area contributed by atoms with Gasteiger partial charge in [-0.3, -0.25) is 4.79 Å². The van der Waals surface area contributed by atoms with Crippen LogP contribution in [0.1, 0.15) is 38.5 Å². The zero-order valence-electron chi connectivity index (χ0n) is 8.04. The fourth-order valence-electron chi connectivity index (χ4n) is 2.61. The zero-order valence-corrected chi connectivity index (χ0v) is 8.04. The Labute approximate surface area is 79.3 Å². The topological polar surface area (TPSA) is 20.3 Å². The molecule has 0 radical (unpaired) electrons. The van der Waals surface area contributed by atoms with Crippen molar-refractivity contribution in [3.63, 3.8) is 0 Å². The molecule has 2 nitrogen and oxygen atoms in total. The van der Waals surface area contributed by atoms with Gasteiger partial charge in [0, 0.05) is 19.0 Å². The second kappa shape index (κ2) is 2.73. The smallest absolute Gasteiger partial charge is 0.223 e. The molecule has 0 aromatic rings. The number of hydrogen-bond donors (Lipinski definition) is 0. The highest BCUT2D eigenvalue weighted by atomic mass is 16.2. The Hall–Kier alpha value is -0.530. The molecule has 1 saturated heterocycles. The minimum atomic E-state index is 0.453. The van der Waals surface area contributed by atoms with E-state index in [1.807, 2.05) is 0 Å². The van der Waals surface area contributed by atoms with Crippen LogP contribution in [-0.2, 0) is 4.79 Å². The number of carbonyl (C=O) groups excluding carboxylic acids is 1. The maximum absolute atomic E-state index is 11.8. The van der Waals surface area contributed by atoms with E-state index < -0.39 is 0 Å². The Morgan fingerprint density at radius 2 is 2.15 bits per heavy atom. The van der Waals surface area contributed by atoms with Crippen molar-refractivity contribution in [2.45, 2.75) is 44.6 Å². The van der Waals surface area contributed by atoms with E-state index in [2.05, 4.69) is 4.90 Å². The molecule has 1 amide bonds. The molecule has 3 rings (SSSR count). The summed E-state index contributed by atoms with van der Waals surface area (Å²) in [5.74, 6) is 2.10. The van der Waals surface area contributed by atoms with Crippen molar-refractivity contribution in [2.75, 3.05) is 6.54 Å². The van der Waals surface area contributed by atoms with Gasteiger partial charge in [-0.2, -0.15) is 0 Å². The second-order valence-electron chi connectivity index (χ2n) is 4.94. The predicted octanol–water partition coefficient (Wildman–Crippen LogP) is 1.80. The molecule has 2 saturated carbocycles. The summed E-state index contributed by atoms with van der Waals surface area (Å²) in [5.41, 5.74) is 0. The highest BCUT2D eigenvalue weighted by Gasteiger charge is 2.46. The minimum Gasteiger partial charge on any atom is -0.339 e. The van der Waals surface area contributed by atoms with E-state index >= 15 is 0 Å². The van der Waals surface area contributed by atoms with Crippen LogP contribution in [0.15, 0.2) is 0 Å². The highest BCUT2D eigenvalue weighted by Crippen LogP contribution is 2.44. The van der Waals surface area contributed by atoms with E-state index in [4.69, 9.17) is 0 Å². The van der Waals surface area contributed by atoms with Gasteiger partial charge in [-0.15, -0.1) is 0 Å². The Bertz CT molecular complexity index is 234. The maximum Gasteiger partial charge on any atom is 0.223 e. The molecule has 0 spiro atoms. The highest BCUT2D eigenvalue weighted by molar-refractivity contribution is 5.77. The average Bonchev–Trinajstić information content (AvgIpc) is 2.97. The molecule has 13 heavy (non-hydrogen) atoms. The van der Waals surface area contributed by atoms with Gasteiger partial charge < -0.3 is 4.90 Å². The number of hydrogen-bond acceptors (Lipinski definition) is 1. The molecular formula is C11H17NO. The van der Waals surface area contributed by atoms with Crippen molar-refractivity contribution >= 4 is 5.91 Å². The van der Waals surface area contributed by atoms with Crippen LogP contribution in [0.4, 0.5) is 0 Å². The quantitative estimate of drug-likeness (QED) is 0.633. The third-order valence-corrected chi connectivity index (χ3v) is 3.74. The number of amides is 1. The molecule has 1 heterocycles. The van der Waals surface area contributed by atoms with Gasteiger partial charge in [0.15, 0.2) is 0 Å². The van der Waals surface area contributed by atoms with Crippen molar-refractivity contribution in [3.05, 3.63) is 0 Å². The zero-order chi connectivity index (χ0) is 8.84. The lowest BCUT2D eigenvalue weighted by Crippen LogP contribution is -2.37. The lowest BCUT2D eigenvalue weighted by molar-refractivity contribution is -0.133. The number of rotatable bonds is 2. The van der Waals surface area contributed by atoms with Crippen molar-refractivity contribution in [1.82, 2.24) is 4.90 Å². The normalized spacial score (nSPS) is 37.1. The van der Waals surface area contributed by atoms with Gasteiger partial charge in [-0.05, 0) is 43.9 Å². The van der Waals surface area contributed by atoms with Crippen LogP contribution in [0, 0.1) is 11.8 Å². The Balaban J connectivity index is 1.59. The first kappa shape index (κ1) is 7.84. The molecule has 72 valence electrons. The van der Waals surface area contributed by atoms with Crippen LogP contribution < -0.4 is 0 Å². The number of likely N-dealkylation sites (tertiary alicyclic amines) is 1. The van der Waals surface area contributed by atoms with Gasteiger partial charge in [0.25, 0.3) is 0 Å². The van der Waals surface area contributed by atoms with Gasteiger partial charge in [0.05, 0.1) is 0 Å². The number of nitrogens with zero attached hydrogens (tertiary/aromatic N) is 1.